The number of nitrogens with two attached hydrogens (primary N) is 1. The summed E-state index contributed by atoms with van der Waals surface area (Å²) in [6.07, 6.45) is 2.97. The normalized spacial score (nSPS) is 20.0. The van der Waals surface area contributed by atoms with Crippen LogP contribution in [0.5, 0.6) is 0 Å². The summed E-state index contributed by atoms with van der Waals surface area (Å²) in [7, 11) is 0. The molecule has 1 aromatic carbocycles. The zero-order chi connectivity index (χ0) is 16.8. The van der Waals surface area contributed by atoms with Crippen LogP contribution in [0, 0.1) is 5.82 Å². The Morgan fingerprint density at radius 1 is 1.28 bits per heavy atom. The number of guanidine groups is 1. The molecular weight excluding hydrogens is 434 g/mol. The van der Waals surface area contributed by atoms with Gasteiger partial charge in [0.15, 0.2) is 5.96 Å². The van der Waals surface area contributed by atoms with Crippen molar-refractivity contribution in [1.29, 1.82) is 0 Å². The van der Waals surface area contributed by atoms with Crippen LogP contribution in [0.2, 0.25) is 0 Å². The molecule has 0 bridgehead atoms. The molecule has 3 rings (SSSR count). The number of halogens is 2. The van der Waals surface area contributed by atoms with Crippen molar-refractivity contribution < 1.29 is 9.13 Å². The molecule has 1 aromatic rings. The average molecular weight is 462 g/mol. The van der Waals surface area contributed by atoms with Crippen LogP contribution in [0.4, 0.5) is 4.39 Å². The summed E-state index contributed by atoms with van der Waals surface area (Å²) in [6, 6.07) is 6.99. The molecule has 1 aliphatic carbocycles. The van der Waals surface area contributed by atoms with Gasteiger partial charge in [-0.05, 0) is 37.4 Å². The van der Waals surface area contributed by atoms with E-state index in [9.17, 15) is 4.39 Å². The molecule has 5 nitrogen and oxygen atoms in total. The number of hydrogen-bond donors (Lipinski definition) is 2. The Labute approximate surface area is 166 Å². The molecular formula is C18H28FIN4O. The van der Waals surface area contributed by atoms with Crippen molar-refractivity contribution >= 4 is 29.9 Å². The molecule has 3 N–H and O–H groups in total. The lowest BCUT2D eigenvalue weighted by Gasteiger charge is -2.26. The maximum Gasteiger partial charge on any atom is 0.188 e. The first-order valence-corrected chi connectivity index (χ1v) is 8.79. The molecule has 1 aliphatic heterocycles. The minimum atomic E-state index is -0.147. The van der Waals surface area contributed by atoms with E-state index in [-0.39, 0.29) is 35.2 Å². The van der Waals surface area contributed by atoms with Crippen LogP contribution in [-0.4, -0.2) is 56.8 Å². The van der Waals surface area contributed by atoms with Crippen LogP contribution in [0.1, 0.15) is 24.8 Å². The average Bonchev–Trinajstić information content (AvgIpc) is 3.39. The van der Waals surface area contributed by atoms with Gasteiger partial charge in [-0.1, -0.05) is 18.2 Å². The molecule has 7 heteroatoms. The van der Waals surface area contributed by atoms with Crippen LogP contribution < -0.4 is 11.1 Å². The number of benzene rings is 1. The van der Waals surface area contributed by atoms with Gasteiger partial charge < -0.3 is 15.8 Å². The minimum absolute atomic E-state index is 0. The fraction of sp³-hybridized carbons (Fsp3) is 0.611. The maximum absolute atomic E-state index is 14.0. The summed E-state index contributed by atoms with van der Waals surface area (Å²) in [6.45, 7) is 6.08. The third-order valence-electron chi connectivity index (χ3n) is 4.91. The third kappa shape index (κ3) is 5.79. The number of nitrogens with one attached hydrogen (secondary N) is 1. The standard InChI is InChI=1S/C18H27FN4O.HI/c19-16-5-2-1-4-15(16)18(6-7-18)14-22-17(20)21-8-3-9-23-10-12-24-13-11-23;/h1-2,4-5H,3,6-14H2,(H3,20,21,22);1H. The van der Waals surface area contributed by atoms with Crippen LogP contribution in [0.25, 0.3) is 0 Å². The molecule has 0 spiro atoms. The zero-order valence-electron chi connectivity index (χ0n) is 14.5. The number of aliphatic imine (C=N–C) groups is 1. The second kappa shape index (κ2) is 9.68. The summed E-state index contributed by atoms with van der Waals surface area (Å²) in [5.41, 5.74) is 6.58. The summed E-state index contributed by atoms with van der Waals surface area (Å²) < 4.78 is 19.3. The number of nitrogens with zero attached hydrogens (tertiary/aromatic N) is 2. The van der Waals surface area contributed by atoms with E-state index in [1.807, 2.05) is 12.1 Å². The van der Waals surface area contributed by atoms with Gasteiger partial charge in [-0.25, -0.2) is 4.39 Å². The van der Waals surface area contributed by atoms with Crippen molar-refractivity contribution in [2.45, 2.75) is 24.7 Å². The summed E-state index contributed by atoms with van der Waals surface area (Å²) in [4.78, 5) is 6.84. The van der Waals surface area contributed by atoms with Crippen LogP contribution in [0.15, 0.2) is 29.3 Å². The first-order chi connectivity index (χ1) is 11.7. The highest BCUT2D eigenvalue weighted by molar-refractivity contribution is 14.0. The van der Waals surface area contributed by atoms with Gasteiger partial charge in [0, 0.05) is 25.0 Å². The van der Waals surface area contributed by atoms with Gasteiger partial charge in [0.05, 0.1) is 19.8 Å². The quantitative estimate of drug-likeness (QED) is 0.282. The first-order valence-electron chi connectivity index (χ1n) is 8.79. The van der Waals surface area contributed by atoms with Gasteiger partial charge in [0.2, 0.25) is 0 Å². The highest BCUT2D eigenvalue weighted by atomic mass is 127. The van der Waals surface area contributed by atoms with Crippen LogP contribution >= 0.6 is 24.0 Å². The van der Waals surface area contributed by atoms with Gasteiger partial charge in [-0.2, -0.15) is 0 Å². The van der Waals surface area contributed by atoms with Crippen molar-refractivity contribution in [3.05, 3.63) is 35.6 Å². The second-order valence-corrected chi connectivity index (χ2v) is 6.70. The van der Waals surface area contributed by atoms with E-state index in [2.05, 4.69) is 15.2 Å². The zero-order valence-corrected chi connectivity index (χ0v) is 16.9. The molecule has 1 heterocycles. The van der Waals surface area contributed by atoms with Gasteiger partial charge in [-0.15, -0.1) is 24.0 Å². The van der Waals surface area contributed by atoms with E-state index in [1.54, 1.807) is 6.07 Å². The Hall–Kier alpha value is -0.930. The number of rotatable bonds is 7. The molecule has 0 radical (unpaired) electrons. The van der Waals surface area contributed by atoms with Gasteiger partial charge in [0.25, 0.3) is 0 Å². The van der Waals surface area contributed by atoms with Crippen LogP contribution in [-0.2, 0) is 10.2 Å². The van der Waals surface area contributed by atoms with E-state index < -0.39 is 0 Å². The largest absolute Gasteiger partial charge is 0.379 e. The van der Waals surface area contributed by atoms with Crippen molar-refractivity contribution in [3.63, 3.8) is 0 Å². The summed E-state index contributed by atoms with van der Waals surface area (Å²) in [5, 5.41) is 3.16. The predicted molar refractivity (Wildman–Crippen MR) is 109 cm³/mol. The number of hydrogen-bond acceptors (Lipinski definition) is 3. The molecule has 0 atom stereocenters. The lowest BCUT2D eigenvalue weighted by atomic mass is 9.95. The Morgan fingerprint density at radius 3 is 2.68 bits per heavy atom. The topological polar surface area (TPSA) is 62.9 Å². The van der Waals surface area contributed by atoms with Gasteiger partial charge in [0.1, 0.15) is 5.82 Å². The van der Waals surface area contributed by atoms with Crippen molar-refractivity contribution in [1.82, 2.24) is 10.2 Å². The van der Waals surface area contributed by atoms with E-state index in [4.69, 9.17) is 10.5 Å². The molecule has 1 saturated heterocycles. The Kier molecular flexibility index (Phi) is 7.89. The van der Waals surface area contributed by atoms with Gasteiger partial charge >= 0.3 is 0 Å². The number of morpholine rings is 1. The highest BCUT2D eigenvalue weighted by Gasteiger charge is 2.45. The smallest absolute Gasteiger partial charge is 0.188 e. The third-order valence-corrected chi connectivity index (χ3v) is 4.91. The molecule has 0 amide bonds. The molecule has 0 unspecified atom stereocenters. The minimum Gasteiger partial charge on any atom is -0.379 e. The SMILES string of the molecule is I.NC(=NCC1(c2ccccc2F)CC1)NCCCN1CCOCC1. The highest BCUT2D eigenvalue weighted by Crippen LogP contribution is 2.49. The maximum atomic E-state index is 14.0. The van der Waals surface area contributed by atoms with Gasteiger partial charge in [-0.3, -0.25) is 9.89 Å². The van der Waals surface area contributed by atoms with Crippen LogP contribution in [0.3, 0.4) is 0 Å². The van der Waals surface area contributed by atoms with E-state index in [0.29, 0.717) is 12.5 Å². The Bertz CT molecular complexity index is 574. The fourth-order valence-electron chi connectivity index (χ4n) is 3.19. The molecule has 2 aliphatic rings. The Balaban J connectivity index is 0.00000225. The Morgan fingerprint density at radius 2 is 2.00 bits per heavy atom. The monoisotopic (exact) mass is 462 g/mol. The van der Waals surface area contributed by atoms with E-state index >= 15 is 0 Å². The fourth-order valence-corrected chi connectivity index (χ4v) is 3.19. The summed E-state index contributed by atoms with van der Waals surface area (Å²) in [5.74, 6) is 0.321. The molecule has 25 heavy (non-hydrogen) atoms. The molecule has 1 saturated carbocycles. The predicted octanol–water partition coefficient (Wildman–Crippen LogP) is 2.10. The lowest BCUT2D eigenvalue weighted by molar-refractivity contribution is 0.0376. The number of ether oxygens (including phenoxy) is 1. The van der Waals surface area contributed by atoms with E-state index in [0.717, 1.165) is 64.2 Å². The summed E-state index contributed by atoms with van der Waals surface area (Å²) >= 11 is 0. The molecule has 140 valence electrons. The molecule has 0 aromatic heterocycles. The second-order valence-electron chi connectivity index (χ2n) is 6.70. The van der Waals surface area contributed by atoms with E-state index in [1.165, 1.54) is 6.07 Å². The van der Waals surface area contributed by atoms with Crippen molar-refractivity contribution in [2.24, 2.45) is 10.7 Å². The van der Waals surface area contributed by atoms with Crippen molar-refractivity contribution in [2.75, 3.05) is 45.9 Å². The first kappa shape index (κ1) is 20.4. The lowest BCUT2D eigenvalue weighted by Crippen LogP contribution is -2.39. The van der Waals surface area contributed by atoms with Crippen molar-refractivity contribution in [3.8, 4) is 0 Å². The molecule has 2 fully saturated rings.